The fraction of sp³-hybridized carbons (Fsp3) is 0.588. The number of anilines is 1. The monoisotopic (exact) mass is 401 g/mol. The van der Waals surface area contributed by atoms with Crippen LogP contribution >= 0.6 is 0 Å². The molecule has 2 N–H and O–H groups in total. The molecule has 4 rings (SSSR count). The number of sulfonamides is 1. The molecule has 3 aliphatic rings. The Balaban J connectivity index is 0.00000196. The Morgan fingerprint density at radius 1 is 1.12 bits per heavy atom. The van der Waals surface area contributed by atoms with Gasteiger partial charge in [0.1, 0.15) is 0 Å². The summed E-state index contributed by atoms with van der Waals surface area (Å²) in [6.45, 7) is 1.76. The summed E-state index contributed by atoms with van der Waals surface area (Å²) in [5.41, 5.74) is 5.20. The topological polar surface area (TPSA) is 100.0 Å². The molecule has 0 bridgehead atoms. The molecule has 0 aromatic heterocycles. The molecular weight excluding hydrogens is 379 g/mol. The van der Waals surface area contributed by atoms with E-state index in [4.69, 9.17) is 0 Å². The summed E-state index contributed by atoms with van der Waals surface area (Å²) in [5, 5.41) is 10.4. The Hall–Kier alpha value is -0.324. The van der Waals surface area contributed by atoms with E-state index in [0.29, 0.717) is 0 Å². The quantitative estimate of drug-likeness (QED) is 0.741. The Bertz CT molecular complexity index is 844. The second kappa shape index (κ2) is 7.60. The number of urea groups is 1. The second-order valence-electron chi connectivity index (χ2n) is 7.28. The number of carbonyl (C=O) groups is 1. The first-order valence-corrected chi connectivity index (χ1v) is 10.4. The summed E-state index contributed by atoms with van der Waals surface area (Å²) in [7, 11) is -3.70. The van der Waals surface area contributed by atoms with Crippen molar-refractivity contribution in [1.82, 2.24) is 4.72 Å². The van der Waals surface area contributed by atoms with Crippen LogP contribution in [0.15, 0.2) is 16.3 Å². The summed E-state index contributed by atoms with van der Waals surface area (Å²) < 4.78 is 26.4. The van der Waals surface area contributed by atoms with Crippen LogP contribution < -0.4 is 10.0 Å². The van der Waals surface area contributed by atoms with Crippen LogP contribution in [0.5, 0.6) is 0 Å². The first-order valence-electron chi connectivity index (χ1n) is 8.77. The average Bonchev–Trinajstić information content (AvgIpc) is 2.96. The molecule has 1 radical (unpaired) electrons. The van der Waals surface area contributed by atoms with E-state index in [-0.39, 0.29) is 63.6 Å². The Morgan fingerprint density at radius 3 is 2.23 bits per heavy atom. The summed E-state index contributed by atoms with van der Waals surface area (Å²) in [6.07, 6.45) is 6.38. The van der Waals surface area contributed by atoms with Gasteiger partial charge in [-0.25, -0.2) is 17.9 Å². The minimum atomic E-state index is -3.70. The summed E-state index contributed by atoms with van der Waals surface area (Å²) in [5.74, 6) is -0.172. The minimum absolute atomic E-state index is 0. The fourth-order valence-corrected chi connectivity index (χ4v) is 4.90. The number of nitrogens with zero attached hydrogens (tertiary/aromatic N) is 2. The van der Waals surface area contributed by atoms with Gasteiger partial charge in [-0.05, 0) is 67.7 Å². The van der Waals surface area contributed by atoms with Crippen LogP contribution in [-0.2, 0) is 35.7 Å². The molecule has 2 amide bonds. The SMILES string of the molecule is CC1(CCS(=O)(=O)NC(=O)Nc2c3c(cc4c2CCC4)CCC3)N=N1.[K]. The zero-order valence-corrected chi connectivity index (χ0v) is 19.2. The number of nitrogens with one attached hydrogen (secondary N) is 2. The molecule has 0 fully saturated rings. The van der Waals surface area contributed by atoms with Crippen LogP contribution in [0.4, 0.5) is 10.5 Å². The van der Waals surface area contributed by atoms with E-state index in [1.54, 1.807) is 6.92 Å². The molecule has 0 unspecified atom stereocenters. The van der Waals surface area contributed by atoms with E-state index in [1.165, 1.54) is 22.3 Å². The van der Waals surface area contributed by atoms with Crippen molar-refractivity contribution in [3.63, 3.8) is 0 Å². The molecule has 1 aromatic rings. The number of fused-ring (bicyclic) bond motifs is 2. The minimum Gasteiger partial charge on any atom is -0.307 e. The number of carbonyl (C=O) groups excluding carboxylic acids is 1. The predicted octanol–water partition coefficient (Wildman–Crippen LogP) is 2.31. The number of rotatable bonds is 5. The molecule has 7 nitrogen and oxygen atoms in total. The number of hydrogen-bond donors (Lipinski definition) is 2. The molecular formula is C17H22KN4O3S. The zero-order valence-electron chi connectivity index (χ0n) is 15.3. The second-order valence-corrected chi connectivity index (χ2v) is 9.12. The Labute approximate surface area is 196 Å². The van der Waals surface area contributed by atoms with Crippen LogP contribution in [0.1, 0.15) is 48.4 Å². The van der Waals surface area contributed by atoms with Gasteiger partial charge in [0.25, 0.3) is 0 Å². The maximum atomic E-state index is 12.3. The molecule has 1 aromatic carbocycles. The van der Waals surface area contributed by atoms with Crippen molar-refractivity contribution >= 4 is 73.1 Å². The third-order valence-corrected chi connectivity index (χ3v) is 6.48. The van der Waals surface area contributed by atoms with Crippen LogP contribution in [0.3, 0.4) is 0 Å². The zero-order chi connectivity index (χ0) is 17.7. The first kappa shape index (κ1) is 20.4. The van der Waals surface area contributed by atoms with E-state index in [0.717, 1.165) is 44.2 Å². The fourth-order valence-electron chi connectivity index (χ4n) is 3.81. The van der Waals surface area contributed by atoms with Crippen LogP contribution in [0.2, 0.25) is 0 Å². The summed E-state index contributed by atoms with van der Waals surface area (Å²) in [4.78, 5) is 12.3. The van der Waals surface area contributed by atoms with Crippen molar-refractivity contribution in [2.45, 2.75) is 57.5 Å². The molecule has 26 heavy (non-hydrogen) atoms. The van der Waals surface area contributed by atoms with E-state index >= 15 is 0 Å². The molecule has 135 valence electrons. The number of benzene rings is 1. The molecule has 2 aliphatic carbocycles. The first-order chi connectivity index (χ1) is 11.9. The molecule has 0 atom stereocenters. The van der Waals surface area contributed by atoms with Gasteiger partial charge in [-0.15, -0.1) is 0 Å². The number of hydrogen-bond acceptors (Lipinski definition) is 5. The van der Waals surface area contributed by atoms with Gasteiger partial charge in [0.2, 0.25) is 10.0 Å². The van der Waals surface area contributed by atoms with Crippen molar-refractivity contribution in [1.29, 1.82) is 0 Å². The maximum Gasteiger partial charge on any atom is 0.332 e. The molecule has 1 heterocycles. The predicted molar refractivity (Wildman–Crippen MR) is 100 cm³/mol. The molecule has 0 spiro atoms. The van der Waals surface area contributed by atoms with E-state index < -0.39 is 21.7 Å². The van der Waals surface area contributed by atoms with Gasteiger partial charge in [0.15, 0.2) is 5.66 Å². The van der Waals surface area contributed by atoms with Crippen molar-refractivity contribution < 1.29 is 13.2 Å². The normalized spacial score (nSPS) is 18.7. The Kier molecular flexibility index (Phi) is 5.96. The molecule has 0 saturated heterocycles. The van der Waals surface area contributed by atoms with Gasteiger partial charge < -0.3 is 5.32 Å². The molecule has 0 saturated carbocycles. The maximum absolute atomic E-state index is 12.3. The Morgan fingerprint density at radius 2 is 1.69 bits per heavy atom. The van der Waals surface area contributed by atoms with Crippen LogP contribution in [-0.4, -0.2) is 77.2 Å². The van der Waals surface area contributed by atoms with Crippen molar-refractivity contribution in [3.05, 3.63) is 28.3 Å². The standard InChI is InChI=1S/C17H22N4O3S.K/c1-17(20-21-17)8-9-25(23,24)19-16(22)18-15-13-6-2-4-11(13)10-12-5-3-7-14(12)15;/h10H,2-9H2,1H3,(H2,18,19,22);. The van der Waals surface area contributed by atoms with Gasteiger partial charge in [0.05, 0.1) is 5.75 Å². The molecule has 9 heteroatoms. The van der Waals surface area contributed by atoms with Gasteiger partial charge in [-0.1, -0.05) is 6.07 Å². The van der Waals surface area contributed by atoms with Crippen molar-refractivity contribution in [3.8, 4) is 0 Å². The number of aryl methyl sites for hydroxylation is 2. The van der Waals surface area contributed by atoms with Crippen molar-refractivity contribution in [2.24, 2.45) is 10.2 Å². The average molecular weight is 402 g/mol. The third kappa shape index (κ3) is 4.39. The van der Waals surface area contributed by atoms with E-state index in [9.17, 15) is 13.2 Å². The summed E-state index contributed by atoms with van der Waals surface area (Å²) >= 11 is 0. The van der Waals surface area contributed by atoms with Gasteiger partial charge in [0, 0.05) is 63.5 Å². The van der Waals surface area contributed by atoms with E-state index in [2.05, 4.69) is 26.3 Å². The largest absolute Gasteiger partial charge is 0.332 e. The van der Waals surface area contributed by atoms with Gasteiger partial charge in [-0.2, -0.15) is 10.2 Å². The number of amides is 2. The van der Waals surface area contributed by atoms with Gasteiger partial charge >= 0.3 is 6.03 Å². The van der Waals surface area contributed by atoms with E-state index in [1.807, 2.05) is 0 Å². The van der Waals surface area contributed by atoms with Gasteiger partial charge in [-0.3, -0.25) is 0 Å². The smallest absolute Gasteiger partial charge is 0.307 e. The van der Waals surface area contributed by atoms with Crippen molar-refractivity contribution in [2.75, 3.05) is 11.1 Å². The summed E-state index contributed by atoms with van der Waals surface area (Å²) in [6, 6.07) is 1.60. The van der Waals surface area contributed by atoms with Crippen LogP contribution in [0.25, 0.3) is 0 Å². The third-order valence-electron chi connectivity index (χ3n) is 5.25. The molecule has 1 aliphatic heterocycles. The van der Waals surface area contributed by atoms with Crippen LogP contribution in [0, 0.1) is 0 Å².